The van der Waals surface area contributed by atoms with Crippen LogP contribution in [0.2, 0.25) is 0 Å². The summed E-state index contributed by atoms with van der Waals surface area (Å²) in [4.78, 5) is 16.6. The second-order valence-electron chi connectivity index (χ2n) is 8.17. The molecule has 1 atom stereocenters. The molecule has 1 saturated heterocycles. The highest BCUT2D eigenvalue weighted by molar-refractivity contribution is 7.92. The highest BCUT2D eigenvalue weighted by Gasteiger charge is 2.25. The quantitative estimate of drug-likeness (QED) is 0.451. The van der Waals surface area contributed by atoms with E-state index < -0.39 is 10.0 Å². The van der Waals surface area contributed by atoms with Crippen LogP contribution in [0, 0.1) is 6.92 Å². The number of hydrogen-bond acceptors (Lipinski definition) is 7. The number of hydrogen-bond donors (Lipinski definition) is 2. The number of sulfonamides is 1. The lowest BCUT2D eigenvalue weighted by atomic mass is 10.1. The van der Waals surface area contributed by atoms with Crippen LogP contribution in [0.5, 0.6) is 5.75 Å². The molecule has 4 rings (SSSR count). The van der Waals surface area contributed by atoms with Gasteiger partial charge in [0.1, 0.15) is 5.75 Å². The third-order valence-electron chi connectivity index (χ3n) is 5.93. The van der Waals surface area contributed by atoms with E-state index in [2.05, 4.69) is 21.0 Å². The molecule has 0 saturated carbocycles. The van der Waals surface area contributed by atoms with E-state index in [-0.39, 0.29) is 16.8 Å². The van der Waals surface area contributed by atoms with Crippen molar-refractivity contribution in [2.75, 3.05) is 44.7 Å². The molecule has 1 aliphatic heterocycles. The summed E-state index contributed by atoms with van der Waals surface area (Å²) in [5.74, 6) is 0.0931. The molecule has 2 aromatic carbocycles. The maximum atomic E-state index is 13.2. The zero-order valence-electron chi connectivity index (χ0n) is 19.7. The summed E-state index contributed by atoms with van der Waals surface area (Å²) in [6.07, 6.45) is 0. The van der Waals surface area contributed by atoms with Gasteiger partial charge in [0.25, 0.3) is 15.9 Å². The summed E-state index contributed by atoms with van der Waals surface area (Å²) in [5.41, 5.74) is 1.34. The molecule has 0 unspecified atom stereocenters. The SMILES string of the molecule is COc1ccccc1NS(=O)(=O)c1ccc(C)c(C(=O)NC[C@@H](c2cccs2)N2CCOCC2)c1. The summed E-state index contributed by atoms with van der Waals surface area (Å²) < 4.78 is 39.4. The molecule has 10 heteroatoms. The summed E-state index contributed by atoms with van der Waals surface area (Å²) in [7, 11) is -2.46. The summed E-state index contributed by atoms with van der Waals surface area (Å²) >= 11 is 1.65. The monoisotopic (exact) mass is 515 g/mol. The highest BCUT2D eigenvalue weighted by Crippen LogP contribution is 2.28. The molecule has 1 aromatic heterocycles. The van der Waals surface area contributed by atoms with Crippen molar-refractivity contribution in [3.8, 4) is 5.75 Å². The molecular weight excluding hydrogens is 486 g/mol. The number of nitrogens with zero attached hydrogens (tertiary/aromatic N) is 1. The molecule has 2 N–H and O–H groups in total. The number of carbonyl (C=O) groups excluding carboxylic acids is 1. The number of anilines is 1. The fraction of sp³-hybridized carbons (Fsp3) is 0.320. The van der Waals surface area contributed by atoms with Crippen LogP contribution in [-0.2, 0) is 14.8 Å². The minimum absolute atomic E-state index is 0.00198. The van der Waals surface area contributed by atoms with Crippen molar-refractivity contribution < 1.29 is 22.7 Å². The summed E-state index contributed by atoms with van der Waals surface area (Å²) in [5, 5.41) is 5.05. The Balaban J connectivity index is 1.52. The van der Waals surface area contributed by atoms with Gasteiger partial charge in [-0.1, -0.05) is 24.3 Å². The number of carbonyl (C=O) groups is 1. The number of rotatable bonds is 9. The van der Waals surface area contributed by atoms with E-state index >= 15 is 0 Å². The Hall–Kier alpha value is -2.92. The molecule has 0 spiro atoms. The average molecular weight is 516 g/mol. The van der Waals surface area contributed by atoms with Gasteiger partial charge in [0.05, 0.1) is 36.9 Å². The van der Waals surface area contributed by atoms with Gasteiger partial charge < -0.3 is 14.8 Å². The van der Waals surface area contributed by atoms with Crippen LogP contribution in [0.25, 0.3) is 0 Å². The van der Waals surface area contributed by atoms with Gasteiger partial charge in [-0.3, -0.25) is 14.4 Å². The van der Waals surface area contributed by atoms with E-state index in [4.69, 9.17) is 9.47 Å². The van der Waals surface area contributed by atoms with Crippen LogP contribution >= 0.6 is 11.3 Å². The van der Waals surface area contributed by atoms with Crippen molar-refractivity contribution in [1.82, 2.24) is 10.2 Å². The summed E-state index contributed by atoms with van der Waals surface area (Å²) in [6, 6.07) is 15.4. The number of aryl methyl sites for hydroxylation is 1. The maximum absolute atomic E-state index is 13.2. The van der Waals surface area contributed by atoms with E-state index in [0.717, 1.165) is 13.1 Å². The largest absolute Gasteiger partial charge is 0.495 e. The van der Waals surface area contributed by atoms with Gasteiger partial charge >= 0.3 is 0 Å². The molecule has 1 aliphatic rings. The molecule has 0 bridgehead atoms. The smallest absolute Gasteiger partial charge is 0.262 e. The number of morpholine rings is 1. The maximum Gasteiger partial charge on any atom is 0.262 e. The Morgan fingerprint density at radius 3 is 2.63 bits per heavy atom. The number of para-hydroxylation sites is 2. The molecular formula is C25H29N3O5S2. The first-order chi connectivity index (χ1) is 16.9. The highest BCUT2D eigenvalue weighted by atomic mass is 32.2. The minimum Gasteiger partial charge on any atom is -0.495 e. The molecule has 2 heterocycles. The van der Waals surface area contributed by atoms with Gasteiger partial charge in [0.2, 0.25) is 0 Å². The van der Waals surface area contributed by atoms with Crippen molar-refractivity contribution >= 4 is 33.0 Å². The molecule has 186 valence electrons. The van der Waals surface area contributed by atoms with Gasteiger partial charge in [-0.25, -0.2) is 8.42 Å². The van der Waals surface area contributed by atoms with Gasteiger partial charge in [0, 0.05) is 30.1 Å². The van der Waals surface area contributed by atoms with Crippen LogP contribution in [0.4, 0.5) is 5.69 Å². The number of methoxy groups -OCH3 is 1. The lowest BCUT2D eigenvalue weighted by molar-refractivity contribution is 0.0169. The Morgan fingerprint density at radius 1 is 1.14 bits per heavy atom. The predicted molar refractivity (Wildman–Crippen MR) is 137 cm³/mol. The Morgan fingerprint density at radius 2 is 1.91 bits per heavy atom. The van der Waals surface area contributed by atoms with Crippen LogP contribution < -0.4 is 14.8 Å². The lowest BCUT2D eigenvalue weighted by Gasteiger charge is -2.34. The van der Waals surface area contributed by atoms with Crippen LogP contribution in [0.15, 0.2) is 64.9 Å². The van der Waals surface area contributed by atoms with Crippen LogP contribution in [0.1, 0.15) is 26.8 Å². The molecule has 0 aliphatic carbocycles. The molecule has 0 radical (unpaired) electrons. The average Bonchev–Trinajstić information content (AvgIpc) is 3.39. The molecule has 3 aromatic rings. The zero-order chi connectivity index (χ0) is 24.8. The van der Waals surface area contributed by atoms with Gasteiger partial charge in [-0.15, -0.1) is 11.3 Å². The molecule has 1 amide bonds. The standard InChI is InChI=1S/C25H29N3O5S2/c1-18-9-10-19(35(30,31)27-21-6-3-4-7-23(21)32-2)16-20(18)25(29)26-17-22(24-8-5-15-34-24)28-11-13-33-14-12-28/h3-10,15-16,22,27H,11-14,17H2,1-2H3,(H,26,29)/t22-/m0/s1. The van der Waals surface area contributed by atoms with Crippen molar-refractivity contribution in [2.24, 2.45) is 0 Å². The normalized spacial score (nSPS) is 15.4. The van der Waals surface area contributed by atoms with Crippen molar-refractivity contribution in [3.05, 3.63) is 76.0 Å². The topological polar surface area (TPSA) is 97.0 Å². The predicted octanol–water partition coefficient (Wildman–Crippen LogP) is 3.67. The minimum atomic E-state index is -3.93. The number of thiophene rings is 1. The van der Waals surface area contributed by atoms with Crippen LogP contribution in [0.3, 0.4) is 0 Å². The van der Waals surface area contributed by atoms with Crippen LogP contribution in [-0.4, -0.2) is 59.2 Å². The van der Waals surface area contributed by atoms with E-state index in [0.29, 0.717) is 42.3 Å². The molecule has 1 fully saturated rings. The lowest BCUT2D eigenvalue weighted by Crippen LogP contribution is -2.43. The van der Waals surface area contributed by atoms with E-state index in [1.165, 1.54) is 24.1 Å². The first-order valence-corrected chi connectivity index (χ1v) is 13.6. The number of benzene rings is 2. The zero-order valence-corrected chi connectivity index (χ0v) is 21.3. The fourth-order valence-electron chi connectivity index (χ4n) is 4.01. The first kappa shape index (κ1) is 25.2. The van der Waals surface area contributed by atoms with E-state index in [9.17, 15) is 13.2 Å². The Bertz CT molecular complexity index is 1260. The van der Waals surface area contributed by atoms with E-state index in [1.54, 1.807) is 48.6 Å². The third-order valence-corrected chi connectivity index (χ3v) is 8.27. The second-order valence-corrected chi connectivity index (χ2v) is 10.8. The van der Waals surface area contributed by atoms with Gasteiger partial charge in [0.15, 0.2) is 0 Å². The van der Waals surface area contributed by atoms with Gasteiger partial charge in [-0.2, -0.15) is 0 Å². The van der Waals surface area contributed by atoms with E-state index in [1.807, 2.05) is 11.4 Å². The van der Waals surface area contributed by atoms with Crippen molar-refractivity contribution in [3.63, 3.8) is 0 Å². The van der Waals surface area contributed by atoms with Crippen molar-refractivity contribution in [2.45, 2.75) is 17.9 Å². The number of ether oxygens (including phenoxy) is 2. The summed E-state index contributed by atoms with van der Waals surface area (Å²) in [6.45, 7) is 5.11. The number of amides is 1. The Kier molecular flexibility index (Phi) is 8.07. The third kappa shape index (κ3) is 6.02. The fourth-order valence-corrected chi connectivity index (χ4v) is 5.97. The molecule has 8 nitrogen and oxygen atoms in total. The van der Waals surface area contributed by atoms with Crippen molar-refractivity contribution in [1.29, 1.82) is 0 Å². The second kappa shape index (κ2) is 11.2. The first-order valence-electron chi connectivity index (χ1n) is 11.3. The molecule has 35 heavy (non-hydrogen) atoms. The Labute approximate surface area is 209 Å². The number of nitrogens with one attached hydrogen (secondary N) is 2. The van der Waals surface area contributed by atoms with Gasteiger partial charge in [-0.05, 0) is 48.2 Å².